The fraction of sp³-hybridized carbons (Fsp3) is 0.380. The molecular weight excluding hydrogens is 894 g/mol. The van der Waals surface area contributed by atoms with Gasteiger partial charge in [-0.2, -0.15) is 5.26 Å². The summed E-state index contributed by atoms with van der Waals surface area (Å²) in [5.41, 5.74) is 0.294. The van der Waals surface area contributed by atoms with E-state index in [-0.39, 0.29) is 61.6 Å². The van der Waals surface area contributed by atoms with Crippen molar-refractivity contribution in [3.63, 3.8) is 0 Å². The van der Waals surface area contributed by atoms with Crippen molar-refractivity contribution < 1.29 is 47.2 Å². The molecule has 2 amide bonds. The summed E-state index contributed by atoms with van der Waals surface area (Å²) >= 11 is 0. The van der Waals surface area contributed by atoms with Crippen LogP contribution in [-0.2, 0) is 33.7 Å². The van der Waals surface area contributed by atoms with Crippen molar-refractivity contribution in [2.75, 3.05) is 40.6 Å². The predicted molar refractivity (Wildman–Crippen MR) is 251 cm³/mol. The summed E-state index contributed by atoms with van der Waals surface area (Å²) < 4.78 is 48.8. The number of ether oxygens (including phenoxy) is 5. The number of hydroxylamine groups is 2. The van der Waals surface area contributed by atoms with Crippen molar-refractivity contribution in [2.24, 2.45) is 0 Å². The van der Waals surface area contributed by atoms with Gasteiger partial charge in [0.15, 0.2) is 6.23 Å². The molecule has 1 aromatic heterocycles. The van der Waals surface area contributed by atoms with Crippen LogP contribution in [0.5, 0.6) is 11.5 Å². The molecule has 2 aliphatic rings. The van der Waals surface area contributed by atoms with Crippen molar-refractivity contribution >= 4 is 20.3 Å². The van der Waals surface area contributed by atoms with Crippen LogP contribution in [0.15, 0.2) is 119 Å². The third-order valence-corrected chi connectivity index (χ3v) is 13.7. The van der Waals surface area contributed by atoms with Crippen molar-refractivity contribution in [3.8, 4) is 17.6 Å². The summed E-state index contributed by atoms with van der Waals surface area (Å²) in [5.74, 6) is 0.0532. The lowest BCUT2D eigenvalue weighted by Crippen LogP contribution is -2.44. The van der Waals surface area contributed by atoms with E-state index in [0.29, 0.717) is 16.6 Å². The first-order valence-electron chi connectivity index (χ1n) is 22.3. The van der Waals surface area contributed by atoms with Gasteiger partial charge in [0.05, 0.1) is 64.3 Å². The van der Waals surface area contributed by atoms with Gasteiger partial charge in [-0.05, 0) is 87.7 Å². The van der Waals surface area contributed by atoms with Crippen LogP contribution in [0, 0.1) is 18.3 Å². The zero-order valence-electron chi connectivity index (χ0n) is 39.0. The molecule has 68 heavy (non-hydrogen) atoms. The van der Waals surface area contributed by atoms with E-state index in [1.54, 1.807) is 45.4 Å². The number of imide groups is 1. The number of aromatic nitrogens is 2. The molecule has 5 aromatic rings. The summed E-state index contributed by atoms with van der Waals surface area (Å²) in [6.07, 6.45) is -3.00. The van der Waals surface area contributed by atoms with Crippen LogP contribution in [0.25, 0.3) is 0 Å². The minimum Gasteiger partial charge on any atom is -0.497 e. The number of aromatic amines is 1. The Balaban J connectivity index is 1.32. The second kappa shape index (κ2) is 22.4. The van der Waals surface area contributed by atoms with Crippen LogP contribution < -0.4 is 20.7 Å². The van der Waals surface area contributed by atoms with Crippen molar-refractivity contribution in [2.45, 2.75) is 83.3 Å². The highest BCUT2D eigenvalue weighted by Gasteiger charge is 2.52. The Labute approximate surface area is 395 Å². The molecule has 5 atom stereocenters. The molecule has 358 valence electrons. The molecule has 1 N–H and O–H groups in total. The van der Waals surface area contributed by atoms with E-state index in [2.05, 4.69) is 15.7 Å². The lowest BCUT2D eigenvalue weighted by Gasteiger charge is -2.39. The molecule has 1 fully saturated rings. The van der Waals surface area contributed by atoms with E-state index >= 15 is 0 Å². The van der Waals surface area contributed by atoms with Gasteiger partial charge in [-0.25, -0.2) is 9.46 Å². The molecular formula is C50H56N5O12P. The molecule has 1 saturated heterocycles. The van der Waals surface area contributed by atoms with Gasteiger partial charge in [-0.1, -0.05) is 66.7 Å². The number of hydrogen-bond acceptors (Lipinski definition) is 14. The topological polar surface area (TPSA) is 193 Å². The van der Waals surface area contributed by atoms with Crippen molar-refractivity contribution in [3.05, 3.63) is 164 Å². The third kappa shape index (κ3) is 10.5. The fourth-order valence-electron chi connectivity index (χ4n) is 8.42. The number of amides is 2. The number of methoxy groups -OCH3 is 2. The van der Waals surface area contributed by atoms with Crippen LogP contribution in [0.1, 0.15) is 83.3 Å². The normalized spacial score (nSPS) is 18.6. The monoisotopic (exact) mass is 949 g/mol. The molecule has 7 rings (SSSR count). The maximum atomic E-state index is 13.8. The Morgan fingerprint density at radius 2 is 1.32 bits per heavy atom. The molecule has 0 saturated carbocycles. The molecule has 17 nitrogen and oxygen atoms in total. The molecule has 0 bridgehead atoms. The first-order chi connectivity index (χ1) is 32.8. The summed E-state index contributed by atoms with van der Waals surface area (Å²) in [4.78, 5) is 61.0. The third-order valence-electron chi connectivity index (χ3n) is 11.6. The molecule has 0 aliphatic carbocycles. The van der Waals surface area contributed by atoms with Gasteiger partial charge in [0.25, 0.3) is 25.9 Å². The zero-order valence-corrected chi connectivity index (χ0v) is 39.9. The van der Waals surface area contributed by atoms with Gasteiger partial charge in [0.2, 0.25) is 0 Å². The number of aryl methyl sites for hydroxylation is 1. The zero-order chi connectivity index (χ0) is 48.5. The predicted octanol–water partition coefficient (Wildman–Crippen LogP) is 7.04. The maximum absolute atomic E-state index is 13.8. The van der Waals surface area contributed by atoms with E-state index in [1.165, 1.54) is 10.8 Å². The Bertz CT molecular complexity index is 2580. The Kier molecular flexibility index (Phi) is 16.4. The molecule has 2 aliphatic heterocycles. The largest absolute Gasteiger partial charge is 0.497 e. The van der Waals surface area contributed by atoms with Gasteiger partial charge in [-0.15, -0.1) is 5.06 Å². The second-order valence-corrected chi connectivity index (χ2v) is 18.0. The van der Waals surface area contributed by atoms with Gasteiger partial charge >= 0.3 is 5.69 Å². The van der Waals surface area contributed by atoms with E-state index in [9.17, 15) is 24.4 Å². The van der Waals surface area contributed by atoms with Crippen molar-refractivity contribution in [1.29, 1.82) is 5.26 Å². The molecule has 0 radical (unpaired) electrons. The van der Waals surface area contributed by atoms with Crippen molar-refractivity contribution in [1.82, 2.24) is 19.3 Å². The van der Waals surface area contributed by atoms with E-state index < -0.39 is 61.7 Å². The summed E-state index contributed by atoms with van der Waals surface area (Å²) in [7, 11) is 1.22. The Hall–Kier alpha value is -6.06. The lowest BCUT2D eigenvalue weighted by atomic mass is 9.80. The highest BCUT2D eigenvalue weighted by Crippen LogP contribution is 2.51. The number of carbonyl (C=O) groups excluding carboxylic acids is 2. The van der Waals surface area contributed by atoms with E-state index in [1.807, 2.05) is 107 Å². The smallest absolute Gasteiger partial charge is 0.330 e. The van der Waals surface area contributed by atoms with Crippen LogP contribution in [-0.4, -0.2) is 102 Å². The van der Waals surface area contributed by atoms with Gasteiger partial charge < -0.3 is 32.7 Å². The summed E-state index contributed by atoms with van der Waals surface area (Å²) in [5, 5.41) is 10.2. The maximum Gasteiger partial charge on any atom is 0.330 e. The molecule has 0 spiro atoms. The number of carbonyl (C=O) groups is 2. The van der Waals surface area contributed by atoms with Crippen LogP contribution in [0.4, 0.5) is 0 Å². The SMILES string of the molecule is COc1ccc(C(OC[C@H]2O[C@@H](n3cc(C)c(=O)[nH]c3=O)[C@H](OCCON3C(=O)c4ccccc4C3=O)[C@@H]2OP(OCCC#N)N(C(C)C)C(C)C)(c2ccccc2)c2ccc(OC)cc2)cc1. The molecule has 1 unspecified atom stereocenters. The van der Waals surface area contributed by atoms with E-state index in [4.69, 9.17) is 37.6 Å². The average molecular weight is 950 g/mol. The number of rotatable bonds is 22. The highest BCUT2D eigenvalue weighted by atomic mass is 31.2. The second-order valence-electron chi connectivity index (χ2n) is 16.6. The van der Waals surface area contributed by atoms with Crippen LogP contribution >= 0.6 is 8.53 Å². The summed E-state index contributed by atoms with van der Waals surface area (Å²) in [6, 6.07) is 33.2. The first-order valence-corrected chi connectivity index (χ1v) is 23.4. The van der Waals surface area contributed by atoms with Gasteiger partial charge in [0.1, 0.15) is 35.4 Å². The molecule has 3 heterocycles. The first kappa shape index (κ1) is 49.8. The number of nitrogens with one attached hydrogen (secondary N) is 1. The number of H-pyrrole nitrogens is 1. The lowest BCUT2D eigenvalue weighted by molar-refractivity contribution is -0.129. The quantitative estimate of drug-likeness (QED) is 0.0321. The Morgan fingerprint density at radius 1 is 0.765 bits per heavy atom. The summed E-state index contributed by atoms with van der Waals surface area (Å²) in [6.45, 7) is 8.97. The minimum atomic E-state index is -1.97. The van der Waals surface area contributed by atoms with E-state index in [0.717, 1.165) is 16.7 Å². The van der Waals surface area contributed by atoms with Crippen LogP contribution in [0.2, 0.25) is 0 Å². The fourth-order valence-corrected chi connectivity index (χ4v) is 10.2. The number of hydrogen-bond donors (Lipinski definition) is 1. The van der Waals surface area contributed by atoms with Gasteiger partial charge in [-0.3, -0.25) is 28.8 Å². The molecule has 4 aromatic carbocycles. The standard InChI is InChI=1S/C50H56N5O12P/c1-32(2)55(33(3)4)68(65-27-13-26-51)67-43-42(31-63-50(35-14-9-8-10-15-35,36-18-22-38(60-6)23-19-36)37-20-24-39(61-7)25-21-37)66-48(53-30-34(5)45(56)52-49(53)59)44(43)62-28-29-64-54-46(57)40-16-11-12-17-41(40)47(54)58/h8-12,14-25,30,32-33,42-44,48H,13,27-29,31H2,1-7H3,(H,52,56,59)/t42-,43-,44-,48-,68?/m1/s1. The Morgan fingerprint density at radius 3 is 1.87 bits per heavy atom. The van der Waals surface area contributed by atoms with Crippen LogP contribution in [0.3, 0.4) is 0 Å². The number of benzene rings is 4. The molecule has 18 heteroatoms. The highest BCUT2D eigenvalue weighted by molar-refractivity contribution is 7.44. The average Bonchev–Trinajstić information content (AvgIpc) is 3.80. The van der Waals surface area contributed by atoms with Gasteiger partial charge in [0, 0.05) is 23.8 Å². The minimum absolute atomic E-state index is 0.0561. The number of nitriles is 1. The number of nitrogens with zero attached hydrogens (tertiary/aromatic N) is 4. The number of fused-ring (bicyclic) bond motifs is 1.